The number of hydrogen-bond acceptors (Lipinski definition) is 5. The van der Waals surface area contributed by atoms with Gasteiger partial charge >= 0.3 is 5.97 Å². The van der Waals surface area contributed by atoms with Crippen LogP contribution in [-0.2, 0) is 22.4 Å². The average molecular weight is 345 g/mol. The van der Waals surface area contributed by atoms with E-state index in [2.05, 4.69) is 5.32 Å². The Hall–Kier alpha value is -2.34. The van der Waals surface area contributed by atoms with Crippen molar-refractivity contribution in [2.75, 3.05) is 18.5 Å². The van der Waals surface area contributed by atoms with Crippen LogP contribution in [0.3, 0.4) is 0 Å². The highest BCUT2D eigenvalue weighted by Gasteiger charge is 2.19. The Kier molecular flexibility index (Phi) is 5.15. The van der Waals surface area contributed by atoms with Crippen LogP contribution in [0.4, 0.5) is 5.69 Å². The summed E-state index contributed by atoms with van der Waals surface area (Å²) in [6.45, 7) is 2.20. The first-order valence-corrected chi connectivity index (χ1v) is 8.79. The van der Waals surface area contributed by atoms with E-state index in [4.69, 9.17) is 9.47 Å². The van der Waals surface area contributed by atoms with E-state index >= 15 is 0 Å². The van der Waals surface area contributed by atoms with Crippen molar-refractivity contribution >= 4 is 28.9 Å². The monoisotopic (exact) mass is 345 g/mol. The van der Waals surface area contributed by atoms with E-state index in [0.29, 0.717) is 17.2 Å². The molecule has 1 aromatic heterocycles. The van der Waals surface area contributed by atoms with E-state index < -0.39 is 5.97 Å². The molecule has 0 saturated heterocycles. The molecule has 1 aromatic carbocycles. The lowest BCUT2D eigenvalue weighted by Gasteiger charge is -2.07. The number of amides is 1. The largest absolute Gasteiger partial charge is 0.494 e. The number of nitrogens with one attached hydrogen (secondary N) is 1. The standard InChI is InChI=1S/C18H19NO4S/c1-2-22-14-8-6-13(7-9-14)19-17(20)11-23-18(21)16-10-12-4-3-5-15(12)24-16/h6-10H,2-5,11H2,1H3,(H,19,20). The summed E-state index contributed by atoms with van der Waals surface area (Å²) in [6, 6.07) is 8.93. The Morgan fingerprint density at radius 1 is 1.21 bits per heavy atom. The van der Waals surface area contributed by atoms with Crippen LogP contribution in [0.1, 0.15) is 33.5 Å². The lowest BCUT2D eigenvalue weighted by atomic mass is 10.2. The van der Waals surface area contributed by atoms with Gasteiger partial charge in [-0.05, 0) is 62.1 Å². The van der Waals surface area contributed by atoms with Crippen LogP contribution >= 0.6 is 11.3 Å². The Morgan fingerprint density at radius 2 is 2.00 bits per heavy atom. The highest BCUT2D eigenvalue weighted by atomic mass is 32.1. The fraction of sp³-hybridized carbons (Fsp3) is 0.333. The van der Waals surface area contributed by atoms with E-state index in [0.717, 1.165) is 25.0 Å². The molecule has 0 radical (unpaired) electrons. The van der Waals surface area contributed by atoms with Gasteiger partial charge < -0.3 is 14.8 Å². The molecule has 0 spiro atoms. The van der Waals surface area contributed by atoms with E-state index in [1.807, 2.05) is 13.0 Å². The summed E-state index contributed by atoms with van der Waals surface area (Å²) < 4.78 is 10.4. The van der Waals surface area contributed by atoms with Crippen molar-refractivity contribution < 1.29 is 19.1 Å². The maximum absolute atomic E-state index is 12.0. The van der Waals surface area contributed by atoms with Crippen LogP contribution in [0, 0.1) is 0 Å². The summed E-state index contributed by atoms with van der Waals surface area (Å²) in [6.07, 6.45) is 3.21. The Bertz CT molecular complexity index is 714. The van der Waals surface area contributed by atoms with Gasteiger partial charge in [0, 0.05) is 10.6 Å². The van der Waals surface area contributed by atoms with E-state index in [9.17, 15) is 9.59 Å². The highest BCUT2D eigenvalue weighted by molar-refractivity contribution is 7.14. The third-order valence-electron chi connectivity index (χ3n) is 3.73. The quantitative estimate of drug-likeness (QED) is 0.815. The van der Waals surface area contributed by atoms with Crippen molar-refractivity contribution in [1.82, 2.24) is 0 Å². The van der Waals surface area contributed by atoms with E-state index in [1.165, 1.54) is 21.8 Å². The number of carbonyl (C=O) groups excluding carboxylic acids is 2. The second-order valence-electron chi connectivity index (χ2n) is 5.49. The number of hydrogen-bond donors (Lipinski definition) is 1. The molecule has 24 heavy (non-hydrogen) atoms. The summed E-state index contributed by atoms with van der Waals surface area (Å²) >= 11 is 1.47. The zero-order valence-electron chi connectivity index (χ0n) is 13.5. The Balaban J connectivity index is 1.48. The zero-order valence-corrected chi connectivity index (χ0v) is 14.3. The molecule has 5 nitrogen and oxygen atoms in total. The molecule has 3 rings (SSSR count). The molecule has 1 aliphatic rings. The first-order chi connectivity index (χ1) is 11.7. The highest BCUT2D eigenvalue weighted by Crippen LogP contribution is 2.30. The smallest absolute Gasteiger partial charge is 0.348 e. The van der Waals surface area contributed by atoms with Gasteiger partial charge in [0.05, 0.1) is 6.61 Å². The molecule has 0 unspecified atom stereocenters. The number of fused-ring (bicyclic) bond motifs is 1. The van der Waals surface area contributed by atoms with Gasteiger partial charge in [-0.2, -0.15) is 0 Å². The van der Waals surface area contributed by atoms with Gasteiger partial charge in [-0.15, -0.1) is 11.3 Å². The number of rotatable bonds is 6. The maximum Gasteiger partial charge on any atom is 0.348 e. The van der Waals surface area contributed by atoms with Crippen molar-refractivity contribution in [3.63, 3.8) is 0 Å². The summed E-state index contributed by atoms with van der Waals surface area (Å²) in [5.41, 5.74) is 1.88. The minimum atomic E-state index is -0.434. The molecule has 1 aliphatic carbocycles. The normalized spacial score (nSPS) is 12.5. The van der Waals surface area contributed by atoms with E-state index in [-0.39, 0.29) is 12.5 Å². The molecule has 0 aliphatic heterocycles. The number of esters is 1. The molecule has 0 bridgehead atoms. The Labute approximate surface area is 144 Å². The van der Waals surface area contributed by atoms with Crippen LogP contribution in [0.5, 0.6) is 5.75 Å². The molecule has 126 valence electrons. The molecule has 0 saturated carbocycles. The number of anilines is 1. The molecule has 2 aromatic rings. The van der Waals surface area contributed by atoms with Crippen LogP contribution in [0.25, 0.3) is 0 Å². The molecule has 1 amide bonds. The number of benzene rings is 1. The van der Waals surface area contributed by atoms with Crippen LogP contribution in [0.2, 0.25) is 0 Å². The first-order valence-electron chi connectivity index (χ1n) is 7.97. The van der Waals surface area contributed by atoms with Crippen LogP contribution in [0.15, 0.2) is 30.3 Å². The molecular weight excluding hydrogens is 326 g/mol. The van der Waals surface area contributed by atoms with Crippen LogP contribution in [-0.4, -0.2) is 25.1 Å². The van der Waals surface area contributed by atoms with Crippen molar-refractivity contribution in [3.8, 4) is 5.75 Å². The first kappa shape index (κ1) is 16.5. The van der Waals surface area contributed by atoms with Gasteiger partial charge in [-0.25, -0.2) is 4.79 Å². The number of aryl methyl sites for hydroxylation is 2. The minimum Gasteiger partial charge on any atom is -0.494 e. The summed E-state index contributed by atoms with van der Waals surface area (Å²) in [4.78, 5) is 25.7. The Morgan fingerprint density at radius 3 is 2.71 bits per heavy atom. The fourth-order valence-corrected chi connectivity index (χ4v) is 3.78. The second kappa shape index (κ2) is 7.49. The van der Waals surface area contributed by atoms with Crippen molar-refractivity contribution in [2.24, 2.45) is 0 Å². The lowest BCUT2D eigenvalue weighted by molar-refractivity contribution is -0.119. The fourth-order valence-electron chi connectivity index (χ4n) is 2.63. The van der Waals surface area contributed by atoms with Gasteiger partial charge in [0.15, 0.2) is 6.61 Å². The second-order valence-corrected chi connectivity index (χ2v) is 6.63. The van der Waals surface area contributed by atoms with Crippen molar-refractivity contribution in [3.05, 3.63) is 45.6 Å². The lowest BCUT2D eigenvalue weighted by Crippen LogP contribution is -2.20. The van der Waals surface area contributed by atoms with E-state index in [1.54, 1.807) is 24.3 Å². The maximum atomic E-state index is 12.0. The number of ether oxygens (including phenoxy) is 2. The summed E-state index contributed by atoms with van der Waals surface area (Å²) in [5, 5.41) is 2.69. The van der Waals surface area contributed by atoms with Gasteiger partial charge in [0.25, 0.3) is 5.91 Å². The topological polar surface area (TPSA) is 64.6 Å². The molecule has 6 heteroatoms. The third-order valence-corrected chi connectivity index (χ3v) is 4.95. The minimum absolute atomic E-state index is 0.297. The molecule has 1 N–H and O–H groups in total. The molecule has 0 fully saturated rings. The zero-order chi connectivity index (χ0) is 16.9. The summed E-state index contributed by atoms with van der Waals surface area (Å²) in [7, 11) is 0. The average Bonchev–Trinajstić information content (AvgIpc) is 3.16. The van der Waals surface area contributed by atoms with Gasteiger partial charge in [-0.1, -0.05) is 0 Å². The summed E-state index contributed by atoms with van der Waals surface area (Å²) in [5.74, 6) is -0.0551. The van der Waals surface area contributed by atoms with Gasteiger partial charge in [-0.3, -0.25) is 4.79 Å². The third kappa shape index (κ3) is 3.94. The van der Waals surface area contributed by atoms with Crippen molar-refractivity contribution in [1.29, 1.82) is 0 Å². The predicted octanol–water partition coefficient (Wildman–Crippen LogP) is 3.43. The predicted molar refractivity (Wildman–Crippen MR) is 92.9 cm³/mol. The number of carbonyl (C=O) groups is 2. The van der Waals surface area contributed by atoms with Crippen molar-refractivity contribution in [2.45, 2.75) is 26.2 Å². The molecular formula is C18H19NO4S. The van der Waals surface area contributed by atoms with Gasteiger partial charge in [0.1, 0.15) is 10.6 Å². The molecule has 1 heterocycles. The molecule has 0 atom stereocenters. The SMILES string of the molecule is CCOc1ccc(NC(=O)COC(=O)c2cc3c(s2)CCC3)cc1. The number of thiophene rings is 1. The van der Waals surface area contributed by atoms with Gasteiger partial charge in [0.2, 0.25) is 0 Å². The van der Waals surface area contributed by atoms with Crippen LogP contribution < -0.4 is 10.1 Å².